The molecule has 2 nitrogen and oxygen atoms in total. The molecular formula is C13H11BrN2S. The third-order valence-electron chi connectivity index (χ3n) is 2.33. The van der Waals surface area contributed by atoms with Crippen LogP contribution in [0.4, 0.5) is 5.69 Å². The van der Waals surface area contributed by atoms with Crippen molar-refractivity contribution in [1.29, 1.82) is 5.26 Å². The van der Waals surface area contributed by atoms with Crippen molar-refractivity contribution in [2.75, 3.05) is 5.32 Å². The van der Waals surface area contributed by atoms with Crippen molar-refractivity contribution < 1.29 is 0 Å². The lowest BCUT2D eigenvalue weighted by atomic mass is 10.1. The molecule has 0 aliphatic rings. The number of nitrogens with zero attached hydrogens (tertiary/aromatic N) is 1. The van der Waals surface area contributed by atoms with Gasteiger partial charge in [-0.25, -0.2) is 0 Å². The van der Waals surface area contributed by atoms with E-state index in [4.69, 9.17) is 5.26 Å². The zero-order valence-corrected chi connectivity index (χ0v) is 11.5. The van der Waals surface area contributed by atoms with Crippen LogP contribution in [0.5, 0.6) is 0 Å². The molecule has 86 valence electrons. The Labute approximate surface area is 113 Å². The summed E-state index contributed by atoms with van der Waals surface area (Å²) in [5, 5.41) is 14.0. The van der Waals surface area contributed by atoms with Crippen LogP contribution in [-0.4, -0.2) is 0 Å². The van der Waals surface area contributed by atoms with E-state index in [1.165, 1.54) is 4.88 Å². The fraction of sp³-hybridized carbons (Fsp3) is 0.154. The second kappa shape index (κ2) is 5.85. The maximum absolute atomic E-state index is 8.57. The Kier molecular flexibility index (Phi) is 4.18. The second-order valence-corrected chi connectivity index (χ2v) is 5.53. The van der Waals surface area contributed by atoms with E-state index in [1.807, 2.05) is 24.3 Å². The van der Waals surface area contributed by atoms with Gasteiger partial charge in [0, 0.05) is 27.0 Å². The van der Waals surface area contributed by atoms with E-state index in [0.29, 0.717) is 6.42 Å². The summed E-state index contributed by atoms with van der Waals surface area (Å²) in [7, 11) is 0. The molecule has 17 heavy (non-hydrogen) atoms. The second-order valence-electron chi connectivity index (χ2n) is 3.62. The van der Waals surface area contributed by atoms with Crippen LogP contribution in [0.3, 0.4) is 0 Å². The van der Waals surface area contributed by atoms with Crippen LogP contribution in [-0.2, 0) is 13.0 Å². The van der Waals surface area contributed by atoms with Crippen LogP contribution in [0.2, 0.25) is 0 Å². The van der Waals surface area contributed by atoms with Gasteiger partial charge in [-0.2, -0.15) is 5.26 Å². The molecular weight excluding hydrogens is 296 g/mol. The highest BCUT2D eigenvalue weighted by Crippen LogP contribution is 2.21. The third kappa shape index (κ3) is 3.58. The van der Waals surface area contributed by atoms with Gasteiger partial charge in [-0.3, -0.25) is 0 Å². The molecule has 2 aromatic rings. The van der Waals surface area contributed by atoms with Crippen LogP contribution in [0.25, 0.3) is 0 Å². The largest absolute Gasteiger partial charge is 0.380 e. The minimum absolute atomic E-state index is 0.470. The topological polar surface area (TPSA) is 35.8 Å². The first kappa shape index (κ1) is 12.2. The van der Waals surface area contributed by atoms with E-state index in [1.54, 1.807) is 11.3 Å². The molecule has 0 amide bonds. The van der Waals surface area contributed by atoms with E-state index in [2.05, 4.69) is 38.8 Å². The summed E-state index contributed by atoms with van der Waals surface area (Å²) in [6.07, 6.45) is 0.470. The zero-order chi connectivity index (χ0) is 12.1. The van der Waals surface area contributed by atoms with Gasteiger partial charge in [-0.05, 0) is 39.7 Å². The molecule has 0 spiro atoms. The first-order chi connectivity index (χ1) is 8.28. The Morgan fingerprint density at radius 1 is 1.29 bits per heavy atom. The average molecular weight is 307 g/mol. The molecule has 0 aliphatic carbocycles. The highest BCUT2D eigenvalue weighted by molar-refractivity contribution is 9.10. The van der Waals surface area contributed by atoms with Crippen molar-refractivity contribution in [3.8, 4) is 6.07 Å². The zero-order valence-electron chi connectivity index (χ0n) is 9.11. The fourth-order valence-corrected chi connectivity index (χ4v) is 2.86. The third-order valence-corrected chi connectivity index (χ3v) is 4.02. The van der Waals surface area contributed by atoms with Gasteiger partial charge >= 0.3 is 0 Å². The Morgan fingerprint density at radius 2 is 2.06 bits per heavy atom. The number of nitriles is 1. The number of rotatable bonds is 4. The van der Waals surface area contributed by atoms with Crippen molar-refractivity contribution in [3.63, 3.8) is 0 Å². The molecule has 0 saturated carbocycles. The summed E-state index contributed by atoms with van der Waals surface area (Å²) in [4.78, 5) is 1.29. The van der Waals surface area contributed by atoms with E-state index < -0.39 is 0 Å². The Bertz CT molecular complexity index is 525. The van der Waals surface area contributed by atoms with E-state index >= 15 is 0 Å². The first-order valence-electron chi connectivity index (χ1n) is 5.20. The summed E-state index contributed by atoms with van der Waals surface area (Å²) >= 11 is 5.16. The molecule has 0 bridgehead atoms. The van der Waals surface area contributed by atoms with E-state index in [9.17, 15) is 0 Å². The number of hydrogen-bond donors (Lipinski definition) is 1. The molecule has 0 unspecified atom stereocenters. The van der Waals surface area contributed by atoms with Gasteiger partial charge in [0.25, 0.3) is 0 Å². The maximum Gasteiger partial charge on any atom is 0.0669 e. The minimum atomic E-state index is 0.470. The minimum Gasteiger partial charge on any atom is -0.380 e. The Morgan fingerprint density at radius 3 is 2.65 bits per heavy atom. The molecule has 4 heteroatoms. The summed E-state index contributed by atoms with van der Waals surface area (Å²) < 4.78 is 1.13. The van der Waals surface area contributed by atoms with Gasteiger partial charge in [-0.1, -0.05) is 12.1 Å². The van der Waals surface area contributed by atoms with Gasteiger partial charge in [0.15, 0.2) is 0 Å². The van der Waals surface area contributed by atoms with Crippen molar-refractivity contribution in [2.45, 2.75) is 13.0 Å². The van der Waals surface area contributed by atoms with Gasteiger partial charge in [-0.15, -0.1) is 11.3 Å². The average Bonchev–Trinajstić information content (AvgIpc) is 2.75. The van der Waals surface area contributed by atoms with Crippen LogP contribution in [0.15, 0.2) is 40.2 Å². The lowest BCUT2D eigenvalue weighted by molar-refractivity contribution is 1.18. The molecule has 1 aromatic carbocycles. The summed E-state index contributed by atoms with van der Waals surface area (Å²) in [6, 6.07) is 12.2. The van der Waals surface area contributed by atoms with E-state index in [0.717, 1.165) is 22.3 Å². The van der Waals surface area contributed by atoms with Crippen LogP contribution in [0.1, 0.15) is 10.4 Å². The lowest BCUT2D eigenvalue weighted by Gasteiger charge is -2.05. The lowest BCUT2D eigenvalue weighted by Crippen LogP contribution is -1.97. The molecule has 0 atom stereocenters. The summed E-state index contributed by atoms with van der Waals surface area (Å²) in [6.45, 7) is 0.827. The molecule has 1 aromatic heterocycles. The molecule has 0 radical (unpaired) electrons. The maximum atomic E-state index is 8.57. The quantitative estimate of drug-likeness (QED) is 0.919. The summed E-state index contributed by atoms with van der Waals surface area (Å²) in [5.41, 5.74) is 2.13. The molecule has 0 fully saturated rings. The molecule has 0 aliphatic heterocycles. The van der Waals surface area contributed by atoms with Crippen LogP contribution < -0.4 is 5.32 Å². The number of halogens is 1. The van der Waals surface area contributed by atoms with Crippen LogP contribution in [0, 0.1) is 11.3 Å². The van der Waals surface area contributed by atoms with Gasteiger partial charge in [0.1, 0.15) is 0 Å². The number of anilines is 1. The Balaban J connectivity index is 1.93. The fourth-order valence-electron chi connectivity index (χ4n) is 1.47. The van der Waals surface area contributed by atoms with Crippen molar-refractivity contribution in [1.82, 2.24) is 0 Å². The van der Waals surface area contributed by atoms with Gasteiger partial charge in [0.2, 0.25) is 0 Å². The predicted molar refractivity (Wildman–Crippen MR) is 75.1 cm³/mol. The Hall–Kier alpha value is -1.31. The highest BCUT2D eigenvalue weighted by atomic mass is 79.9. The number of nitrogens with one attached hydrogen (secondary N) is 1. The number of thiophene rings is 1. The SMILES string of the molecule is N#CCc1ccc(NCc2cc(Br)cs2)cc1. The molecule has 1 heterocycles. The van der Waals surface area contributed by atoms with E-state index in [-0.39, 0.29) is 0 Å². The van der Waals surface area contributed by atoms with Crippen LogP contribution >= 0.6 is 27.3 Å². The predicted octanol–water partition coefficient (Wildman–Crippen LogP) is 4.19. The van der Waals surface area contributed by atoms with Crippen molar-refractivity contribution >= 4 is 33.0 Å². The van der Waals surface area contributed by atoms with Crippen molar-refractivity contribution in [2.24, 2.45) is 0 Å². The molecule has 2 rings (SSSR count). The first-order valence-corrected chi connectivity index (χ1v) is 6.88. The van der Waals surface area contributed by atoms with Gasteiger partial charge in [0.05, 0.1) is 12.5 Å². The van der Waals surface area contributed by atoms with Crippen molar-refractivity contribution in [3.05, 3.63) is 50.6 Å². The van der Waals surface area contributed by atoms with Gasteiger partial charge < -0.3 is 5.32 Å². The smallest absolute Gasteiger partial charge is 0.0669 e. The molecule has 1 N–H and O–H groups in total. The number of hydrogen-bond acceptors (Lipinski definition) is 3. The standard InChI is InChI=1S/C13H11BrN2S/c14-11-7-13(17-9-11)8-16-12-3-1-10(2-4-12)5-6-15/h1-4,7,9,16H,5,8H2. The monoisotopic (exact) mass is 306 g/mol. The summed E-state index contributed by atoms with van der Waals surface area (Å²) in [5.74, 6) is 0. The number of benzene rings is 1. The highest BCUT2D eigenvalue weighted by Gasteiger charge is 1.98. The normalized spacial score (nSPS) is 9.88. The molecule has 0 saturated heterocycles.